The molecule has 0 saturated carbocycles. The molecule has 0 atom stereocenters. The van der Waals surface area contributed by atoms with Crippen molar-refractivity contribution in [2.45, 2.75) is 19.8 Å². The van der Waals surface area contributed by atoms with E-state index in [1.54, 1.807) is 0 Å². The molecule has 0 aliphatic carbocycles. The maximum Gasteiger partial charge on any atom is 0.202 e. The van der Waals surface area contributed by atoms with Gasteiger partial charge in [0.1, 0.15) is 5.82 Å². The van der Waals surface area contributed by atoms with Gasteiger partial charge < -0.3 is 9.88 Å². The Balaban J connectivity index is 1.82. The number of aromatic nitrogens is 4. The molecule has 2 heterocycles. The van der Waals surface area contributed by atoms with Crippen molar-refractivity contribution in [3.8, 4) is 0 Å². The van der Waals surface area contributed by atoms with E-state index in [-0.39, 0.29) is 0 Å². The number of nitrogens with one attached hydrogen (secondary N) is 1. The van der Waals surface area contributed by atoms with E-state index < -0.39 is 0 Å². The first-order valence-electron chi connectivity index (χ1n) is 5.31. The van der Waals surface area contributed by atoms with Crippen molar-refractivity contribution in [1.82, 2.24) is 18.9 Å². The molecule has 0 aliphatic heterocycles. The number of rotatable bonds is 5. The van der Waals surface area contributed by atoms with Crippen molar-refractivity contribution in [2.75, 3.05) is 11.9 Å². The summed E-state index contributed by atoms with van der Waals surface area (Å²) < 4.78 is 6.25. The molecule has 2 rings (SSSR count). The van der Waals surface area contributed by atoms with Crippen LogP contribution in [0.5, 0.6) is 0 Å². The third-order valence-corrected chi connectivity index (χ3v) is 3.07. The molecule has 2 aromatic heterocycles. The number of hydrogen-bond acceptors (Lipinski definition) is 5. The van der Waals surface area contributed by atoms with E-state index in [1.165, 1.54) is 17.2 Å². The highest BCUT2D eigenvalue weighted by Gasteiger charge is 2.02. The van der Waals surface area contributed by atoms with Gasteiger partial charge in [-0.25, -0.2) is 9.97 Å². The Labute approximate surface area is 98.7 Å². The molecule has 86 valence electrons. The van der Waals surface area contributed by atoms with Gasteiger partial charge in [0.25, 0.3) is 0 Å². The Kier molecular flexibility index (Phi) is 3.51. The quantitative estimate of drug-likeness (QED) is 0.856. The molecule has 0 aliphatic rings. The van der Waals surface area contributed by atoms with Crippen LogP contribution in [0.3, 0.4) is 0 Å². The number of anilines is 1. The Bertz CT molecular complexity index is 448. The molecule has 0 spiro atoms. The van der Waals surface area contributed by atoms with Gasteiger partial charge in [-0.2, -0.15) is 4.37 Å². The normalized spacial score (nSPS) is 10.6. The van der Waals surface area contributed by atoms with Crippen LogP contribution in [0.1, 0.15) is 18.4 Å². The van der Waals surface area contributed by atoms with Gasteiger partial charge in [0.05, 0.1) is 6.33 Å². The van der Waals surface area contributed by atoms with E-state index >= 15 is 0 Å². The largest absolute Gasteiger partial charge is 0.360 e. The molecular formula is C10H15N5S. The summed E-state index contributed by atoms with van der Waals surface area (Å²) in [5.74, 6) is 0.910. The second-order valence-electron chi connectivity index (χ2n) is 3.54. The minimum absolute atomic E-state index is 0.859. The van der Waals surface area contributed by atoms with Gasteiger partial charge >= 0.3 is 0 Å². The van der Waals surface area contributed by atoms with E-state index in [1.807, 2.05) is 24.1 Å². The Morgan fingerprint density at radius 3 is 3.00 bits per heavy atom. The fourth-order valence-electron chi connectivity index (χ4n) is 1.39. The van der Waals surface area contributed by atoms with Gasteiger partial charge in [-0.15, -0.1) is 0 Å². The molecule has 0 aromatic carbocycles. The first kappa shape index (κ1) is 11.1. The van der Waals surface area contributed by atoms with Crippen LogP contribution >= 0.6 is 11.5 Å². The van der Waals surface area contributed by atoms with Crippen molar-refractivity contribution < 1.29 is 0 Å². The van der Waals surface area contributed by atoms with Crippen LogP contribution in [0.4, 0.5) is 5.13 Å². The van der Waals surface area contributed by atoms with Gasteiger partial charge in [-0.05, 0) is 0 Å². The lowest BCUT2D eigenvalue weighted by molar-refractivity contribution is 0.815. The Hall–Kier alpha value is -1.43. The van der Waals surface area contributed by atoms with Crippen LogP contribution in [0.2, 0.25) is 0 Å². The summed E-state index contributed by atoms with van der Waals surface area (Å²) in [5.41, 5.74) is 1.22. The van der Waals surface area contributed by atoms with Crippen LogP contribution in [-0.2, 0) is 19.9 Å². The lowest BCUT2D eigenvalue weighted by atomic mass is 10.3. The molecule has 0 saturated heterocycles. The molecule has 0 amide bonds. The standard InChI is InChI=1S/C10H15N5S/c1-3-9-13-10(16-14-9)12-5-4-8-6-11-7-15(8)2/h6-7H,3-5H2,1-2H3,(H,12,13,14). The van der Waals surface area contributed by atoms with Crippen molar-refractivity contribution in [3.05, 3.63) is 24.0 Å². The zero-order valence-electron chi connectivity index (χ0n) is 9.47. The van der Waals surface area contributed by atoms with Crippen molar-refractivity contribution in [1.29, 1.82) is 0 Å². The highest BCUT2D eigenvalue weighted by molar-refractivity contribution is 7.09. The van der Waals surface area contributed by atoms with E-state index in [0.29, 0.717) is 0 Å². The van der Waals surface area contributed by atoms with Crippen molar-refractivity contribution in [2.24, 2.45) is 7.05 Å². The van der Waals surface area contributed by atoms with Crippen LogP contribution in [0.15, 0.2) is 12.5 Å². The molecule has 1 N–H and O–H groups in total. The zero-order valence-corrected chi connectivity index (χ0v) is 10.3. The average Bonchev–Trinajstić information content (AvgIpc) is 2.89. The monoisotopic (exact) mass is 237 g/mol. The first-order chi connectivity index (χ1) is 7.79. The van der Waals surface area contributed by atoms with Gasteiger partial charge in [0.2, 0.25) is 5.13 Å². The summed E-state index contributed by atoms with van der Waals surface area (Å²) in [6, 6.07) is 0. The lowest BCUT2D eigenvalue weighted by Crippen LogP contribution is -2.07. The van der Waals surface area contributed by atoms with Crippen LogP contribution < -0.4 is 5.32 Å². The number of imidazole rings is 1. The number of nitrogens with zero attached hydrogens (tertiary/aromatic N) is 4. The van der Waals surface area contributed by atoms with Crippen LogP contribution in [0.25, 0.3) is 0 Å². The van der Waals surface area contributed by atoms with E-state index in [0.717, 1.165) is 30.3 Å². The molecule has 5 nitrogen and oxygen atoms in total. The van der Waals surface area contributed by atoms with Crippen LogP contribution in [0, 0.1) is 0 Å². The predicted molar refractivity (Wildman–Crippen MR) is 64.7 cm³/mol. The summed E-state index contributed by atoms with van der Waals surface area (Å²) in [7, 11) is 2.00. The summed E-state index contributed by atoms with van der Waals surface area (Å²) in [6.45, 7) is 2.92. The van der Waals surface area contributed by atoms with E-state index in [2.05, 4.69) is 26.6 Å². The van der Waals surface area contributed by atoms with Crippen LogP contribution in [-0.4, -0.2) is 25.5 Å². The summed E-state index contributed by atoms with van der Waals surface area (Å²) in [6.07, 6.45) is 5.53. The molecule has 16 heavy (non-hydrogen) atoms. The van der Waals surface area contributed by atoms with E-state index in [4.69, 9.17) is 0 Å². The van der Waals surface area contributed by atoms with Gasteiger partial charge in [-0.1, -0.05) is 6.92 Å². The smallest absolute Gasteiger partial charge is 0.202 e. The third-order valence-electron chi connectivity index (χ3n) is 2.36. The maximum absolute atomic E-state index is 4.34. The molecule has 0 fully saturated rings. The third kappa shape index (κ3) is 2.57. The lowest BCUT2D eigenvalue weighted by Gasteiger charge is -2.02. The molecule has 0 radical (unpaired) electrons. The van der Waals surface area contributed by atoms with Gasteiger partial charge in [0.15, 0.2) is 0 Å². The molecule has 0 unspecified atom stereocenters. The molecule has 0 bridgehead atoms. The Morgan fingerprint density at radius 1 is 1.50 bits per heavy atom. The topological polar surface area (TPSA) is 55.6 Å². The number of aryl methyl sites for hydroxylation is 2. The number of hydrogen-bond donors (Lipinski definition) is 1. The molecule has 6 heteroatoms. The highest BCUT2D eigenvalue weighted by atomic mass is 32.1. The second-order valence-corrected chi connectivity index (χ2v) is 4.29. The maximum atomic E-state index is 4.34. The van der Waals surface area contributed by atoms with E-state index in [9.17, 15) is 0 Å². The zero-order chi connectivity index (χ0) is 11.4. The van der Waals surface area contributed by atoms with Crippen molar-refractivity contribution in [3.63, 3.8) is 0 Å². The fourth-order valence-corrected chi connectivity index (χ4v) is 2.07. The minimum atomic E-state index is 0.859. The van der Waals surface area contributed by atoms with Gasteiger partial charge in [0, 0.05) is 49.9 Å². The van der Waals surface area contributed by atoms with Crippen molar-refractivity contribution >= 4 is 16.7 Å². The highest BCUT2D eigenvalue weighted by Crippen LogP contribution is 2.11. The molecule has 2 aromatic rings. The molecular weight excluding hydrogens is 222 g/mol. The SMILES string of the molecule is CCc1nsc(NCCc2cncn2C)n1. The summed E-state index contributed by atoms with van der Waals surface area (Å²) in [5, 5.41) is 4.17. The summed E-state index contributed by atoms with van der Waals surface area (Å²) in [4.78, 5) is 8.42. The second kappa shape index (κ2) is 5.07. The first-order valence-corrected chi connectivity index (χ1v) is 6.08. The predicted octanol–water partition coefficient (Wildman–Crippen LogP) is 1.49. The van der Waals surface area contributed by atoms with Gasteiger partial charge in [-0.3, -0.25) is 0 Å². The average molecular weight is 237 g/mol. The summed E-state index contributed by atoms with van der Waals surface area (Å²) >= 11 is 1.42. The fraction of sp³-hybridized carbons (Fsp3) is 0.500. The minimum Gasteiger partial charge on any atom is -0.360 e. The Morgan fingerprint density at radius 2 is 2.38 bits per heavy atom.